The first-order chi connectivity index (χ1) is 19.6. The molecule has 5 rings (SSSR count). The van der Waals surface area contributed by atoms with Crippen LogP contribution in [-0.4, -0.2) is 89.8 Å². The summed E-state index contributed by atoms with van der Waals surface area (Å²) in [5, 5.41) is 12.7. The van der Waals surface area contributed by atoms with Crippen molar-refractivity contribution in [3.8, 4) is 5.69 Å². The smallest absolute Gasteiger partial charge is 0.295 e. The first kappa shape index (κ1) is 28.6. The van der Waals surface area contributed by atoms with Crippen LogP contribution in [0.1, 0.15) is 44.4 Å². The molecule has 1 saturated heterocycles. The predicted octanol–water partition coefficient (Wildman–Crippen LogP) is 4.82. The van der Waals surface area contributed by atoms with Gasteiger partial charge in [-0.3, -0.25) is 9.47 Å². The molecule has 0 amide bonds. The molecule has 1 aliphatic heterocycles. The van der Waals surface area contributed by atoms with Crippen LogP contribution in [0.5, 0.6) is 0 Å². The van der Waals surface area contributed by atoms with E-state index in [1.165, 1.54) is 4.57 Å². The number of hydrogen-bond donors (Lipinski definition) is 2. The highest BCUT2D eigenvalue weighted by Gasteiger charge is 2.26. The molecule has 0 unspecified atom stereocenters. The average Bonchev–Trinajstić information content (AvgIpc) is 3.39. The van der Waals surface area contributed by atoms with E-state index in [0.717, 1.165) is 44.6 Å². The van der Waals surface area contributed by atoms with Gasteiger partial charge in [-0.1, -0.05) is 12.1 Å². The van der Waals surface area contributed by atoms with E-state index in [-0.39, 0.29) is 19.1 Å². The number of benzene rings is 1. The van der Waals surface area contributed by atoms with E-state index < -0.39 is 6.43 Å². The van der Waals surface area contributed by atoms with E-state index in [0.29, 0.717) is 73.8 Å². The lowest BCUT2D eigenvalue weighted by molar-refractivity contribution is 0.120. The largest absolute Gasteiger partial charge is 0.396 e. The van der Waals surface area contributed by atoms with Crippen LogP contribution in [0.4, 0.5) is 24.8 Å². The zero-order valence-corrected chi connectivity index (χ0v) is 22.8. The third-order valence-corrected chi connectivity index (χ3v) is 8.05. The number of para-hydroxylation sites is 2. The summed E-state index contributed by atoms with van der Waals surface area (Å²) in [5.41, 5.74) is 1.74. The SMILES string of the molecule is OCCCN(CCF)C1CCC(CNc2cc(-n3c(C(F)F)nc4ccccc43)cc(N3CCOCC3)n2)CC1. The van der Waals surface area contributed by atoms with E-state index in [1.807, 2.05) is 18.2 Å². The van der Waals surface area contributed by atoms with Crippen molar-refractivity contribution in [1.82, 2.24) is 19.4 Å². The summed E-state index contributed by atoms with van der Waals surface area (Å²) in [6.07, 6.45) is 1.93. The number of nitrogens with one attached hydrogen (secondary N) is 1. The second-order valence-electron chi connectivity index (χ2n) is 10.6. The van der Waals surface area contributed by atoms with Gasteiger partial charge < -0.3 is 20.1 Å². The molecule has 3 aromatic rings. The van der Waals surface area contributed by atoms with Crippen molar-refractivity contribution in [1.29, 1.82) is 0 Å². The minimum absolute atomic E-state index is 0.119. The Morgan fingerprint density at radius 3 is 2.55 bits per heavy atom. The van der Waals surface area contributed by atoms with Crippen molar-refractivity contribution in [2.75, 3.05) is 69.4 Å². The van der Waals surface area contributed by atoms with Crippen LogP contribution >= 0.6 is 0 Å². The van der Waals surface area contributed by atoms with Gasteiger partial charge in [0, 0.05) is 57.5 Å². The monoisotopic (exact) mass is 560 g/mol. The highest BCUT2D eigenvalue weighted by molar-refractivity contribution is 5.79. The van der Waals surface area contributed by atoms with Crippen LogP contribution < -0.4 is 10.2 Å². The number of alkyl halides is 3. The van der Waals surface area contributed by atoms with E-state index in [9.17, 15) is 18.3 Å². The van der Waals surface area contributed by atoms with Gasteiger partial charge in [0.25, 0.3) is 6.43 Å². The Morgan fingerprint density at radius 2 is 1.82 bits per heavy atom. The molecule has 40 heavy (non-hydrogen) atoms. The van der Waals surface area contributed by atoms with Crippen molar-refractivity contribution in [3.05, 3.63) is 42.2 Å². The third kappa shape index (κ3) is 6.70. The summed E-state index contributed by atoms with van der Waals surface area (Å²) in [6.45, 7) is 4.14. The lowest BCUT2D eigenvalue weighted by Crippen LogP contribution is -2.41. The molecule has 0 spiro atoms. The maximum Gasteiger partial charge on any atom is 0.295 e. The summed E-state index contributed by atoms with van der Waals surface area (Å²) < 4.78 is 48.4. The first-order valence-corrected chi connectivity index (χ1v) is 14.3. The molecule has 0 atom stereocenters. The van der Waals surface area contributed by atoms with Crippen LogP contribution in [0.15, 0.2) is 36.4 Å². The number of ether oxygens (including phenoxy) is 1. The number of aliphatic hydroxyl groups is 1. The Hall–Kier alpha value is -2.89. The number of nitrogens with zero attached hydrogens (tertiary/aromatic N) is 5. The molecular weight excluding hydrogens is 521 g/mol. The van der Waals surface area contributed by atoms with E-state index >= 15 is 0 Å². The van der Waals surface area contributed by atoms with Crippen LogP contribution in [0.25, 0.3) is 16.7 Å². The summed E-state index contributed by atoms with van der Waals surface area (Å²) in [5.74, 6) is 1.50. The maximum atomic E-state index is 14.1. The van der Waals surface area contributed by atoms with E-state index in [2.05, 4.69) is 20.1 Å². The van der Waals surface area contributed by atoms with Crippen molar-refractivity contribution < 1.29 is 23.0 Å². The van der Waals surface area contributed by atoms with Gasteiger partial charge in [0.05, 0.1) is 29.9 Å². The maximum absolute atomic E-state index is 14.1. The molecular formula is C29H39F3N6O2. The average molecular weight is 561 g/mol. The lowest BCUT2D eigenvalue weighted by Gasteiger charge is -2.36. The van der Waals surface area contributed by atoms with Crippen LogP contribution in [0, 0.1) is 5.92 Å². The highest BCUT2D eigenvalue weighted by Crippen LogP contribution is 2.32. The number of hydrogen-bond acceptors (Lipinski definition) is 7. The second kappa shape index (κ2) is 13.6. The number of pyridine rings is 1. The van der Waals surface area contributed by atoms with Gasteiger partial charge in [0.1, 0.15) is 18.3 Å². The van der Waals surface area contributed by atoms with Gasteiger partial charge in [-0.05, 0) is 50.2 Å². The molecule has 2 aromatic heterocycles. The molecule has 2 aliphatic rings. The topological polar surface area (TPSA) is 78.7 Å². The molecule has 8 nitrogen and oxygen atoms in total. The minimum atomic E-state index is -2.73. The summed E-state index contributed by atoms with van der Waals surface area (Å²) in [7, 11) is 0. The Balaban J connectivity index is 1.35. The number of anilines is 2. The number of imidazole rings is 1. The van der Waals surface area contributed by atoms with Gasteiger partial charge >= 0.3 is 0 Å². The Morgan fingerprint density at radius 1 is 1.05 bits per heavy atom. The normalized spacial score (nSPS) is 20.1. The van der Waals surface area contributed by atoms with Crippen molar-refractivity contribution >= 4 is 22.7 Å². The molecule has 0 radical (unpaired) electrons. The van der Waals surface area contributed by atoms with Crippen molar-refractivity contribution in [2.24, 2.45) is 5.92 Å². The first-order valence-electron chi connectivity index (χ1n) is 14.3. The molecule has 1 aliphatic carbocycles. The number of aliphatic hydroxyl groups excluding tert-OH is 1. The summed E-state index contributed by atoms with van der Waals surface area (Å²) in [4.78, 5) is 13.4. The second-order valence-corrected chi connectivity index (χ2v) is 10.6. The van der Waals surface area contributed by atoms with E-state index in [4.69, 9.17) is 9.72 Å². The zero-order valence-electron chi connectivity index (χ0n) is 22.8. The fraction of sp³-hybridized carbons (Fsp3) is 0.586. The number of halogens is 3. The molecule has 3 heterocycles. The fourth-order valence-corrected chi connectivity index (χ4v) is 5.96. The fourth-order valence-electron chi connectivity index (χ4n) is 5.96. The lowest BCUT2D eigenvalue weighted by atomic mass is 9.85. The Bertz CT molecular complexity index is 1230. The quantitative estimate of drug-likeness (QED) is 0.329. The highest BCUT2D eigenvalue weighted by atomic mass is 19.3. The number of rotatable bonds is 12. The van der Waals surface area contributed by atoms with Gasteiger partial charge in [0.15, 0.2) is 5.82 Å². The summed E-state index contributed by atoms with van der Waals surface area (Å²) in [6, 6.07) is 11.2. The van der Waals surface area contributed by atoms with Gasteiger partial charge in [0.2, 0.25) is 0 Å². The molecule has 1 saturated carbocycles. The number of morpholine rings is 1. The molecule has 11 heteroatoms. The van der Waals surface area contributed by atoms with Crippen LogP contribution in [-0.2, 0) is 4.74 Å². The molecule has 2 fully saturated rings. The zero-order chi connectivity index (χ0) is 27.9. The third-order valence-electron chi connectivity index (χ3n) is 8.05. The van der Waals surface area contributed by atoms with Crippen molar-refractivity contribution in [3.63, 3.8) is 0 Å². The summed E-state index contributed by atoms with van der Waals surface area (Å²) >= 11 is 0. The standard InChI is InChI=1S/C29H39F3N6O2/c30-10-12-36(11-3-15-39)22-8-6-21(7-9-22)20-33-26-18-23(19-27(35-26)37-13-16-40-17-14-37)38-25-5-2-1-4-24(25)34-29(38)28(31)32/h1-2,4-5,18-19,21-22,28,39H,3,6-17,20H2,(H,33,35). The Labute approximate surface area is 233 Å². The number of fused-ring (bicyclic) bond motifs is 1. The van der Waals surface area contributed by atoms with E-state index in [1.54, 1.807) is 18.2 Å². The minimum Gasteiger partial charge on any atom is -0.396 e. The van der Waals surface area contributed by atoms with Gasteiger partial charge in [-0.2, -0.15) is 0 Å². The molecule has 2 N–H and O–H groups in total. The predicted molar refractivity (Wildman–Crippen MR) is 150 cm³/mol. The molecule has 218 valence electrons. The van der Waals surface area contributed by atoms with Crippen LogP contribution in [0.3, 0.4) is 0 Å². The van der Waals surface area contributed by atoms with Gasteiger partial charge in [-0.15, -0.1) is 0 Å². The van der Waals surface area contributed by atoms with Gasteiger partial charge in [-0.25, -0.2) is 23.1 Å². The van der Waals surface area contributed by atoms with Crippen LogP contribution in [0.2, 0.25) is 0 Å². The Kier molecular flexibility index (Phi) is 9.77. The number of aromatic nitrogens is 3. The van der Waals surface area contributed by atoms with Crippen molar-refractivity contribution in [2.45, 2.75) is 44.6 Å². The molecule has 0 bridgehead atoms. The molecule has 1 aromatic carbocycles.